The molecule has 98 valence electrons. The van der Waals surface area contributed by atoms with Crippen LogP contribution < -0.4 is 5.32 Å². The van der Waals surface area contributed by atoms with E-state index in [4.69, 9.17) is 23.2 Å². The molecule has 1 aromatic heterocycles. The smallest absolute Gasteiger partial charge is 0.228 e. The van der Waals surface area contributed by atoms with E-state index in [-0.39, 0.29) is 11.3 Å². The summed E-state index contributed by atoms with van der Waals surface area (Å²) in [6.07, 6.45) is 0.395. The van der Waals surface area contributed by atoms with E-state index in [1.165, 1.54) is 0 Å². The molecule has 3 rings (SSSR count). The molecule has 0 aliphatic carbocycles. The van der Waals surface area contributed by atoms with Crippen molar-refractivity contribution < 1.29 is 4.79 Å². The largest absolute Gasteiger partial charge is 0.325 e. The van der Waals surface area contributed by atoms with Crippen molar-refractivity contribution in [3.63, 3.8) is 0 Å². The first-order valence-electron chi connectivity index (χ1n) is 5.86. The summed E-state index contributed by atoms with van der Waals surface area (Å²) in [7, 11) is 0. The molecule has 1 N–H and O–H groups in total. The Morgan fingerprint density at radius 2 is 2.21 bits per heavy atom. The Bertz CT molecular complexity index is 665. The van der Waals surface area contributed by atoms with Gasteiger partial charge in [-0.25, -0.2) is 0 Å². The van der Waals surface area contributed by atoms with Crippen LogP contribution in [0.2, 0.25) is 5.02 Å². The Hall–Kier alpha value is -1.03. The van der Waals surface area contributed by atoms with Crippen LogP contribution in [0.3, 0.4) is 0 Å². The van der Waals surface area contributed by atoms with E-state index in [0.29, 0.717) is 11.4 Å². The number of halogens is 2. The Morgan fingerprint density at radius 3 is 2.89 bits per heavy atom. The first-order chi connectivity index (χ1) is 9.06. The van der Waals surface area contributed by atoms with Gasteiger partial charge in [-0.2, -0.15) is 0 Å². The zero-order chi connectivity index (χ0) is 13.6. The minimum Gasteiger partial charge on any atom is -0.325 e. The molecule has 0 saturated heterocycles. The minimum atomic E-state index is -0.270. The van der Waals surface area contributed by atoms with Crippen molar-refractivity contribution >= 4 is 46.1 Å². The summed E-state index contributed by atoms with van der Waals surface area (Å²) in [4.78, 5) is 12.5. The molecule has 1 aliphatic heterocycles. The number of hydrogen-bond acceptors (Lipinski definition) is 2. The number of aryl methyl sites for hydroxylation is 1. The van der Waals surface area contributed by atoms with Gasteiger partial charge in [0.1, 0.15) is 0 Å². The lowest BCUT2D eigenvalue weighted by molar-refractivity contribution is -0.115. The van der Waals surface area contributed by atoms with Crippen molar-refractivity contribution in [1.82, 2.24) is 0 Å². The summed E-state index contributed by atoms with van der Waals surface area (Å²) in [5, 5.41) is 5.13. The Morgan fingerprint density at radius 1 is 1.42 bits per heavy atom. The number of anilines is 1. The summed E-state index contributed by atoms with van der Waals surface area (Å²) >= 11 is 14.5. The van der Waals surface area contributed by atoms with Gasteiger partial charge < -0.3 is 5.32 Å². The van der Waals surface area contributed by atoms with Gasteiger partial charge in [0.15, 0.2) is 0 Å². The Balaban J connectivity index is 2.05. The molecule has 2 nitrogen and oxygen atoms in total. The number of hydrogen-bond donors (Lipinski definition) is 1. The van der Waals surface area contributed by atoms with Gasteiger partial charge >= 0.3 is 0 Å². The molecule has 2 aromatic rings. The first kappa shape index (κ1) is 13.0. The molecule has 1 unspecified atom stereocenters. The van der Waals surface area contributed by atoms with Crippen LogP contribution in [0.25, 0.3) is 0 Å². The highest BCUT2D eigenvalue weighted by Gasteiger charge is 2.23. The molecule has 0 spiro atoms. The predicted octanol–water partition coefficient (Wildman–Crippen LogP) is 4.53. The number of thiophene rings is 1. The van der Waals surface area contributed by atoms with E-state index >= 15 is 0 Å². The van der Waals surface area contributed by atoms with Crippen LogP contribution in [-0.2, 0) is 11.2 Å². The van der Waals surface area contributed by atoms with Crippen molar-refractivity contribution in [3.8, 4) is 0 Å². The van der Waals surface area contributed by atoms with E-state index < -0.39 is 0 Å². The van der Waals surface area contributed by atoms with E-state index in [1.54, 1.807) is 17.4 Å². The summed E-state index contributed by atoms with van der Waals surface area (Å²) < 4.78 is 0. The van der Waals surface area contributed by atoms with E-state index in [0.717, 1.165) is 27.3 Å². The first-order valence-corrected chi connectivity index (χ1v) is 7.56. The van der Waals surface area contributed by atoms with Gasteiger partial charge in [0.25, 0.3) is 0 Å². The number of carbonyl (C=O) groups is 1. The second-order valence-electron chi connectivity index (χ2n) is 4.59. The maximum absolute atomic E-state index is 11.4. The predicted molar refractivity (Wildman–Crippen MR) is 80.5 cm³/mol. The van der Waals surface area contributed by atoms with Crippen LogP contribution >= 0.6 is 34.5 Å². The van der Waals surface area contributed by atoms with Crippen molar-refractivity contribution in [2.45, 2.75) is 18.7 Å². The molecular weight excluding hydrogens is 301 g/mol. The summed E-state index contributed by atoms with van der Waals surface area (Å²) in [5.74, 6) is 0.00152. The third-order valence-corrected chi connectivity index (χ3v) is 5.25. The fourth-order valence-corrected chi connectivity index (χ4v) is 4.00. The number of rotatable bonds is 2. The van der Waals surface area contributed by atoms with Crippen LogP contribution in [0, 0.1) is 6.92 Å². The quantitative estimate of drug-likeness (QED) is 0.811. The van der Waals surface area contributed by atoms with Gasteiger partial charge in [-0.3, -0.25) is 4.79 Å². The SMILES string of the molecule is Cc1ccsc1C(Cl)c1cc2c(cc1Cl)NC(=O)C2. The van der Waals surface area contributed by atoms with E-state index in [9.17, 15) is 4.79 Å². The molecule has 2 heterocycles. The molecular formula is C14H11Cl2NOS. The van der Waals surface area contributed by atoms with Gasteiger partial charge in [-0.15, -0.1) is 22.9 Å². The zero-order valence-corrected chi connectivity index (χ0v) is 12.5. The van der Waals surface area contributed by atoms with Gasteiger partial charge in [0.05, 0.1) is 11.8 Å². The highest BCUT2D eigenvalue weighted by molar-refractivity contribution is 7.10. The van der Waals surface area contributed by atoms with Crippen molar-refractivity contribution in [3.05, 3.63) is 50.2 Å². The monoisotopic (exact) mass is 311 g/mol. The minimum absolute atomic E-state index is 0.00152. The molecule has 0 saturated carbocycles. The third kappa shape index (κ3) is 2.27. The molecule has 1 aromatic carbocycles. The Labute approximate surface area is 125 Å². The molecule has 0 fully saturated rings. The maximum atomic E-state index is 11.4. The fourth-order valence-electron chi connectivity index (χ4n) is 2.25. The molecule has 19 heavy (non-hydrogen) atoms. The van der Waals surface area contributed by atoms with Crippen LogP contribution in [0.1, 0.15) is 26.9 Å². The van der Waals surface area contributed by atoms with Gasteiger partial charge in [0, 0.05) is 15.6 Å². The second kappa shape index (κ2) is 4.82. The van der Waals surface area contributed by atoms with Crippen LogP contribution in [0.4, 0.5) is 5.69 Å². The lowest BCUT2D eigenvalue weighted by atomic mass is 10.0. The zero-order valence-electron chi connectivity index (χ0n) is 10.2. The molecule has 1 atom stereocenters. The number of benzene rings is 1. The lowest BCUT2D eigenvalue weighted by Crippen LogP contribution is -2.03. The molecule has 0 bridgehead atoms. The van der Waals surface area contributed by atoms with E-state index in [1.807, 2.05) is 24.4 Å². The fraction of sp³-hybridized carbons (Fsp3) is 0.214. The van der Waals surface area contributed by atoms with Crippen molar-refractivity contribution in [2.24, 2.45) is 0 Å². The molecule has 1 amide bonds. The van der Waals surface area contributed by atoms with Crippen molar-refractivity contribution in [1.29, 1.82) is 0 Å². The molecule has 0 radical (unpaired) electrons. The number of alkyl halides is 1. The maximum Gasteiger partial charge on any atom is 0.228 e. The number of fused-ring (bicyclic) bond motifs is 1. The lowest BCUT2D eigenvalue weighted by Gasteiger charge is -2.13. The average molecular weight is 312 g/mol. The average Bonchev–Trinajstić information content (AvgIpc) is 2.92. The standard InChI is InChI=1S/C14H11Cl2NOS/c1-7-2-3-19-14(7)13(16)9-4-8-5-12(18)17-11(8)6-10(9)15/h2-4,6,13H,5H2,1H3,(H,17,18). The second-order valence-corrected chi connectivity index (χ2v) is 6.38. The van der Waals surface area contributed by atoms with E-state index in [2.05, 4.69) is 5.32 Å². The van der Waals surface area contributed by atoms with Gasteiger partial charge in [-0.1, -0.05) is 11.6 Å². The van der Waals surface area contributed by atoms with Gasteiger partial charge in [-0.05, 0) is 47.2 Å². The molecule has 1 aliphatic rings. The van der Waals surface area contributed by atoms with Crippen LogP contribution in [0.5, 0.6) is 0 Å². The normalized spacial score (nSPS) is 15.2. The number of nitrogens with one attached hydrogen (secondary N) is 1. The summed E-state index contributed by atoms with van der Waals surface area (Å²) in [5.41, 5.74) is 3.79. The van der Waals surface area contributed by atoms with Crippen LogP contribution in [-0.4, -0.2) is 5.91 Å². The van der Waals surface area contributed by atoms with Crippen LogP contribution in [0.15, 0.2) is 23.6 Å². The summed E-state index contributed by atoms with van der Waals surface area (Å²) in [6, 6.07) is 5.77. The number of amides is 1. The molecule has 5 heteroatoms. The highest BCUT2D eigenvalue weighted by Crippen LogP contribution is 2.40. The topological polar surface area (TPSA) is 29.1 Å². The number of carbonyl (C=O) groups excluding carboxylic acids is 1. The highest BCUT2D eigenvalue weighted by atomic mass is 35.5. The van der Waals surface area contributed by atoms with Gasteiger partial charge in [0.2, 0.25) is 5.91 Å². The van der Waals surface area contributed by atoms with Crippen molar-refractivity contribution in [2.75, 3.05) is 5.32 Å². The third-order valence-electron chi connectivity index (χ3n) is 3.25. The summed E-state index contributed by atoms with van der Waals surface area (Å²) in [6.45, 7) is 2.04. The Kier molecular flexibility index (Phi) is 3.29.